The molecule has 0 spiro atoms. The van der Waals surface area contributed by atoms with Crippen LogP contribution in [0.25, 0.3) is 0 Å². The topological polar surface area (TPSA) is 76.4 Å². The van der Waals surface area contributed by atoms with Crippen molar-refractivity contribution in [2.45, 2.75) is 32.5 Å². The molecule has 0 N–H and O–H groups in total. The molecule has 1 aromatic carbocycles. The molecule has 134 valence electrons. The van der Waals surface area contributed by atoms with Crippen LogP contribution in [0.4, 0.5) is 0 Å². The summed E-state index contributed by atoms with van der Waals surface area (Å²) in [6.45, 7) is 3.49. The molecule has 1 aliphatic rings. The fourth-order valence-corrected chi connectivity index (χ4v) is 2.98. The van der Waals surface area contributed by atoms with Gasteiger partial charge >= 0.3 is 0 Å². The summed E-state index contributed by atoms with van der Waals surface area (Å²) in [5.74, 6) is 1.49. The molecule has 8 nitrogen and oxygen atoms in total. The van der Waals surface area contributed by atoms with Crippen LogP contribution >= 0.6 is 0 Å². The fraction of sp³-hybridized carbons (Fsp3) is 0.529. The first-order valence-corrected chi connectivity index (χ1v) is 8.50. The zero-order valence-electron chi connectivity index (χ0n) is 14.8. The lowest BCUT2D eigenvalue weighted by atomic mass is 10.2. The van der Waals surface area contributed by atoms with E-state index in [1.807, 2.05) is 24.3 Å². The molecule has 1 aliphatic heterocycles. The van der Waals surface area contributed by atoms with Crippen molar-refractivity contribution in [3.63, 3.8) is 0 Å². The zero-order chi connectivity index (χ0) is 17.6. The van der Waals surface area contributed by atoms with Crippen molar-refractivity contribution < 1.29 is 9.53 Å². The van der Waals surface area contributed by atoms with Crippen molar-refractivity contribution >= 4 is 5.91 Å². The fourth-order valence-electron chi connectivity index (χ4n) is 2.98. The Morgan fingerprint density at radius 1 is 1.32 bits per heavy atom. The third-order valence-corrected chi connectivity index (χ3v) is 4.43. The van der Waals surface area contributed by atoms with E-state index < -0.39 is 0 Å². The van der Waals surface area contributed by atoms with E-state index >= 15 is 0 Å². The Labute approximate surface area is 147 Å². The lowest BCUT2D eigenvalue weighted by molar-refractivity contribution is -0.131. The van der Waals surface area contributed by atoms with Crippen molar-refractivity contribution in [1.29, 1.82) is 0 Å². The maximum Gasteiger partial charge on any atom is 0.244 e. The van der Waals surface area contributed by atoms with Gasteiger partial charge in [-0.15, -0.1) is 5.10 Å². The highest BCUT2D eigenvalue weighted by atomic mass is 16.5. The molecule has 1 saturated heterocycles. The van der Waals surface area contributed by atoms with Crippen LogP contribution in [-0.2, 0) is 24.4 Å². The van der Waals surface area contributed by atoms with Crippen LogP contribution in [0.5, 0.6) is 5.75 Å². The van der Waals surface area contributed by atoms with E-state index in [-0.39, 0.29) is 12.5 Å². The number of likely N-dealkylation sites (N-methyl/N-ethyl adjacent to an activating group) is 1. The smallest absolute Gasteiger partial charge is 0.244 e. The molecule has 2 heterocycles. The molecule has 0 aliphatic carbocycles. The van der Waals surface area contributed by atoms with E-state index in [1.165, 1.54) is 12.8 Å². The number of benzene rings is 1. The highest BCUT2D eigenvalue weighted by molar-refractivity contribution is 5.75. The maximum absolute atomic E-state index is 12.5. The van der Waals surface area contributed by atoms with Crippen LogP contribution in [0.1, 0.15) is 24.2 Å². The second kappa shape index (κ2) is 8.06. The van der Waals surface area contributed by atoms with E-state index in [0.29, 0.717) is 13.1 Å². The summed E-state index contributed by atoms with van der Waals surface area (Å²) in [5, 5.41) is 11.8. The molecule has 8 heteroatoms. The van der Waals surface area contributed by atoms with Gasteiger partial charge in [-0.3, -0.25) is 9.69 Å². The number of rotatable bonds is 7. The first-order valence-electron chi connectivity index (χ1n) is 8.50. The van der Waals surface area contributed by atoms with Gasteiger partial charge in [-0.25, -0.2) is 4.68 Å². The van der Waals surface area contributed by atoms with Crippen LogP contribution in [0.3, 0.4) is 0 Å². The van der Waals surface area contributed by atoms with Gasteiger partial charge in [-0.1, -0.05) is 12.1 Å². The zero-order valence-corrected chi connectivity index (χ0v) is 14.8. The lowest BCUT2D eigenvalue weighted by Gasteiger charge is -2.18. The van der Waals surface area contributed by atoms with Gasteiger partial charge in [0.25, 0.3) is 0 Å². The van der Waals surface area contributed by atoms with Gasteiger partial charge < -0.3 is 9.64 Å². The standard InChI is InChI=1S/C17H24N6O2/c1-21(11-14-6-5-7-15(10-14)25-2)17(24)13-23-16(18-19-20-23)12-22-8-3-4-9-22/h5-7,10H,3-4,8-9,11-13H2,1-2H3. The maximum atomic E-state index is 12.5. The summed E-state index contributed by atoms with van der Waals surface area (Å²) >= 11 is 0. The number of aromatic nitrogens is 4. The Morgan fingerprint density at radius 3 is 2.88 bits per heavy atom. The van der Waals surface area contributed by atoms with E-state index in [2.05, 4.69) is 20.4 Å². The van der Waals surface area contributed by atoms with Crippen LogP contribution in [0.2, 0.25) is 0 Å². The van der Waals surface area contributed by atoms with Crippen molar-refractivity contribution in [3.05, 3.63) is 35.7 Å². The number of carbonyl (C=O) groups is 1. The first kappa shape index (κ1) is 17.3. The molecule has 2 aromatic rings. The van der Waals surface area contributed by atoms with Gasteiger partial charge in [-0.05, 0) is 54.1 Å². The van der Waals surface area contributed by atoms with Crippen LogP contribution in [0.15, 0.2) is 24.3 Å². The van der Waals surface area contributed by atoms with Crippen molar-refractivity contribution in [2.24, 2.45) is 0 Å². The number of likely N-dealkylation sites (tertiary alicyclic amines) is 1. The van der Waals surface area contributed by atoms with Crippen LogP contribution < -0.4 is 4.74 Å². The highest BCUT2D eigenvalue weighted by Gasteiger charge is 2.18. The second-order valence-corrected chi connectivity index (χ2v) is 6.34. The van der Waals surface area contributed by atoms with Gasteiger partial charge in [0.2, 0.25) is 5.91 Å². The normalized spacial score (nSPS) is 14.6. The first-order chi connectivity index (χ1) is 12.2. The van der Waals surface area contributed by atoms with Gasteiger partial charge in [0.05, 0.1) is 13.7 Å². The van der Waals surface area contributed by atoms with Gasteiger partial charge in [-0.2, -0.15) is 0 Å². The molecule has 1 fully saturated rings. The SMILES string of the molecule is COc1cccc(CN(C)C(=O)Cn2nnnc2CN2CCCC2)c1. The minimum atomic E-state index is -0.0298. The number of carbonyl (C=O) groups excluding carboxylic acids is 1. The number of nitrogens with zero attached hydrogens (tertiary/aromatic N) is 6. The van der Waals surface area contributed by atoms with E-state index in [0.717, 1.165) is 30.2 Å². The van der Waals surface area contributed by atoms with E-state index in [1.54, 1.807) is 23.7 Å². The summed E-state index contributed by atoms with van der Waals surface area (Å²) in [5.41, 5.74) is 1.02. The number of ether oxygens (including phenoxy) is 1. The quantitative estimate of drug-likeness (QED) is 0.744. The molecule has 0 radical (unpaired) electrons. The average Bonchev–Trinajstić information content (AvgIpc) is 3.28. The summed E-state index contributed by atoms with van der Waals surface area (Å²) in [6, 6.07) is 7.71. The molecule has 0 unspecified atom stereocenters. The third kappa shape index (κ3) is 4.54. The molecule has 3 rings (SSSR count). The van der Waals surface area contributed by atoms with Gasteiger partial charge in [0.15, 0.2) is 5.82 Å². The summed E-state index contributed by atoms with van der Waals surface area (Å²) in [4.78, 5) is 16.5. The average molecular weight is 344 g/mol. The highest BCUT2D eigenvalue weighted by Crippen LogP contribution is 2.14. The summed E-state index contributed by atoms with van der Waals surface area (Å²) < 4.78 is 6.82. The van der Waals surface area contributed by atoms with Crippen molar-refractivity contribution in [3.8, 4) is 5.75 Å². The lowest BCUT2D eigenvalue weighted by Crippen LogP contribution is -2.31. The predicted molar refractivity (Wildman–Crippen MR) is 91.8 cm³/mol. The minimum Gasteiger partial charge on any atom is -0.497 e. The molecule has 25 heavy (non-hydrogen) atoms. The number of tetrazole rings is 1. The van der Waals surface area contributed by atoms with E-state index in [4.69, 9.17) is 4.74 Å². The van der Waals surface area contributed by atoms with Crippen LogP contribution in [0, 0.1) is 0 Å². The number of methoxy groups -OCH3 is 1. The third-order valence-electron chi connectivity index (χ3n) is 4.43. The van der Waals surface area contributed by atoms with Gasteiger partial charge in [0, 0.05) is 13.6 Å². The molecule has 1 amide bonds. The second-order valence-electron chi connectivity index (χ2n) is 6.34. The molecule has 1 aromatic heterocycles. The Balaban J connectivity index is 1.58. The van der Waals surface area contributed by atoms with Crippen LogP contribution in [-0.4, -0.2) is 63.2 Å². The molecular weight excluding hydrogens is 320 g/mol. The van der Waals surface area contributed by atoms with Gasteiger partial charge in [0.1, 0.15) is 12.3 Å². The summed E-state index contributed by atoms with van der Waals surface area (Å²) in [7, 11) is 3.42. The Kier molecular flexibility index (Phi) is 5.60. The largest absolute Gasteiger partial charge is 0.497 e. The minimum absolute atomic E-state index is 0.0298. The monoisotopic (exact) mass is 344 g/mol. The predicted octanol–water partition coefficient (Wildman–Crippen LogP) is 0.936. The van der Waals surface area contributed by atoms with Crippen molar-refractivity contribution in [1.82, 2.24) is 30.0 Å². The molecule has 0 saturated carbocycles. The van der Waals surface area contributed by atoms with E-state index in [9.17, 15) is 4.79 Å². The number of hydrogen-bond donors (Lipinski definition) is 0. The summed E-state index contributed by atoms with van der Waals surface area (Å²) in [6.07, 6.45) is 2.42. The van der Waals surface area contributed by atoms with Crippen molar-refractivity contribution in [2.75, 3.05) is 27.2 Å². The Hall–Kier alpha value is -2.48. The Morgan fingerprint density at radius 2 is 2.12 bits per heavy atom. The Bertz CT molecular complexity index is 711. The molecule has 0 atom stereocenters. The molecular formula is C17H24N6O2. The molecule has 0 bridgehead atoms. The number of hydrogen-bond acceptors (Lipinski definition) is 6. The number of amides is 1.